The Morgan fingerprint density at radius 1 is 0.518 bits per heavy atom. The third kappa shape index (κ3) is 21.3. The monoisotopic (exact) mass is 1540 g/mol. The molecule has 0 spiro atoms. The zero-order valence-corrected chi connectivity index (χ0v) is 64.8. The van der Waals surface area contributed by atoms with Gasteiger partial charge in [-0.2, -0.15) is 0 Å². The number of hydrogen-bond acceptors (Lipinski definition) is 21. The molecule has 31 nitrogen and oxygen atoms in total. The number of benzene rings is 1. The third-order valence-corrected chi connectivity index (χ3v) is 21.6. The molecule has 8 N–H and O–H groups in total. The van der Waals surface area contributed by atoms with E-state index >= 15 is 24.0 Å². The van der Waals surface area contributed by atoms with E-state index in [2.05, 4.69) is 67.5 Å². The molecule has 2 aliphatic heterocycles. The summed E-state index contributed by atoms with van der Waals surface area (Å²) >= 11 is 7.07. The summed E-state index contributed by atoms with van der Waals surface area (Å²) in [6.45, 7) is 11.4. The van der Waals surface area contributed by atoms with Gasteiger partial charge in [0.2, 0.25) is 52.9 Å². The van der Waals surface area contributed by atoms with Crippen LogP contribution in [0.1, 0.15) is 203 Å². The average molecular weight is 1540 g/mol. The Kier molecular flexibility index (Phi) is 27.9. The second-order valence-corrected chi connectivity index (χ2v) is 31.7. The van der Waals surface area contributed by atoms with Gasteiger partial charge in [-0.05, 0) is 93.1 Å². The maximum Gasteiger partial charge on any atom is 0.289 e. The summed E-state index contributed by atoms with van der Waals surface area (Å²) in [6, 6.07) is -3.46. The van der Waals surface area contributed by atoms with E-state index < -0.39 is 148 Å². The molecule has 2 saturated heterocycles. The molecule has 10 rings (SSSR count). The molecule has 0 bridgehead atoms. The summed E-state index contributed by atoms with van der Waals surface area (Å²) in [5.74, 6) is -9.34. The van der Waals surface area contributed by atoms with Crippen molar-refractivity contribution in [3.63, 3.8) is 0 Å². The zero-order chi connectivity index (χ0) is 79.1. The van der Waals surface area contributed by atoms with E-state index in [-0.39, 0.29) is 90.5 Å². The highest BCUT2D eigenvalue weighted by atomic mass is 35.5. The SMILES string of the molecule is CCC[C@H](NC(=O)C1C[C@@H](Oc2cc(OC)cc(OC)c2)CN1C(=O)[C@@H](NC(=O)[C@@H](NC(=O)c1cnccn1)C1CCCCC1)C(C)(C)c1cc(Cl)nc(O[C@@H]2C[C@@H](C(=O)N[C@@H](CCC)C(=O)C(=O)NC3CC3)N(C(=O)[C@@H](NC(=O)[C@@H](NC(=O)c3cnccn3)C3CCCCC3)C(C)(C)C)C2)c1)C(=O)C(=O)NC1CC1. The van der Waals surface area contributed by atoms with Gasteiger partial charge in [0.15, 0.2) is 0 Å². The van der Waals surface area contributed by atoms with E-state index in [1.54, 1.807) is 66.7 Å². The van der Waals surface area contributed by atoms with Gasteiger partial charge in [-0.15, -0.1) is 0 Å². The van der Waals surface area contributed by atoms with Crippen molar-refractivity contribution in [3.8, 4) is 23.1 Å². The van der Waals surface area contributed by atoms with Gasteiger partial charge in [0.1, 0.15) is 82.2 Å². The minimum Gasteiger partial charge on any atom is -0.496 e. The molecule has 4 saturated carbocycles. The lowest BCUT2D eigenvalue weighted by Crippen LogP contribution is -2.63. The summed E-state index contributed by atoms with van der Waals surface area (Å²) in [6.07, 6.45) is 16.4. The van der Waals surface area contributed by atoms with Crippen LogP contribution in [0.25, 0.3) is 0 Å². The predicted molar refractivity (Wildman–Crippen MR) is 400 cm³/mol. The molecule has 10 amide bonds. The second-order valence-electron chi connectivity index (χ2n) is 31.3. The molecule has 6 fully saturated rings. The topological polar surface area (TPSA) is 409 Å². The smallest absolute Gasteiger partial charge is 0.289 e. The molecular formula is C78H104ClN15O16. The predicted octanol–water partition coefficient (Wildman–Crippen LogP) is 5.05. The van der Waals surface area contributed by atoms with E-state index in [0.29, 0.717) is 75.7 Å². The van der Waals surface area contributed by atoms with Crippen LogP contribution in [0.4, 0.5) is 0 Å². The van der Waals surface area contributed by atoms with E-state index in [1.807, 2.05) is 0 Å². The van der Waals surface area contributed by atoms with Crippen LogP contribution in [0, 0.1) is 17.3 Å². The first-order valence-electron chi connectivity index (χ1n) is 38.5. The lowest BCUT2D eigenvalue weighted by Gasteiger charge is -2.39. The Labute approximate surface area is 645 Å². The molecule has 5 heterocycles. The number of Topliss-reactive ketones (excluding diaryl/α,β-unsaturated/α-hetero) is 2. The van der Waals surface area contributed by atoms with Crippen molar-refractivity contribution in [1.29, 1.82) is 0 Å². The van der Waals surface area contributed by atoms with Gasteiger partial charge in [-0.3, -0.25) is 67.5 Å². The number of halogens is 1. The van der Waals surface area contributed by atoms with Crippen LogP contribution in [0.15, 0.2) is 67.5 Å². The first kappa shape index (κ1) is 82.6. The number of hydrogen-bond donors (Lipinski definition) is 8. The first-order chi connectivity index (χ1) is 52.6. The van der Waals surface area contributed by atoms with Crippen molar-refractivity contribution in [3.05, 3.63) is 89.6 Å². The molecule has 32 heteroatoms. The van der Waals surface area contributed by atoms with Crippen LogP contribution < -0.4 is 61.5 Å². The molecular weight excluding hydrogens is 1440 g/mol. The fraction of sp³-hybridized carbons (Fsp3) is 0.603. The second kappa shape index (κ2) is 37.2. The Morgan fingerprint density at radius 2 is 0.945 bits per heavy atom. The number of nitrogens with zero attached hydrogens (tertiary/aromatic N) is 7. The van der Waals surface area contributed by atoms with Crippen LogP contribution in [0.5, 0.6) is 23.1 Å². The average Bonchev–Trinajstić information content (AvgIpc) is 1.77. The van der Waals surface area contributed by atoms with Gasteiger partial charge in [0.25, 0.3) is 23.6 Å². The molecule has 10 atom stereocenters. The molecule has 594 valence electrons. The molecule has 0 radical (unpaired) electrons. The van der Waals surface area contributed by atoms with Crippen molar-refractivity contribution in [1.82, 2.24) is 77.3 Å². The number of ketones is 2. The number of aromatic nitrogens is 5. The van der Waals surface area contributed by atoms with Crippen molar-refractivity contribution in [2.45, 2.75) is 255 Å². The van der Waals surface area contributed by atoms with E-state index in [4.69, 9.17) is 30.5 Å². The summed E-state index contributed by atoms with van der Waals surface area (Å²) in [4.78, 5) is 199. The highest BCUT2D eigenvalue weighted by Gasteiger charge is 2.52. The number of nitrogens with one attached hydrogen (secondary N) is 8. The largest absolute Gasteiger partial charge is 0.496 e. The van der Waals surface area contributed by atoms with E-state index in [0.717, 1.165) is 38.5 Å². The zero-order valence-electron chi connectivity index (χ0n) is 64.0. The Balaban J connectivity index is 1.01. The molecule has 4 aliphatic carbocycles. The van der Waals surface area contributed by atoms with Gasteiger partial charge >= 0.3 is 0 Å². The fourth-order valence-electron chi connectivity index (χ4n) is 15.0. The molecule has 1 aromatic carbocycles. The van der Waals surface area contributed by atoms with E-state index in [1.165, 1.54) is 73.3 Å². The molecule has 3 aromatic heterocycles. The fourth-order valence-corrected chi connectivity index (χ4v) is 15.2. The lowest BCUT2D eigenvalue weighted by atomic mass is 9.76. The quantitative estimate of drug-likeness (QED) is 0.0224. The van der Waals surface area contributed by atoms with Gasteiger partial charge in [0, 0.05) is 79.4 Å². The highest BCUT2D eigenvalue weighted by molar-refractivity contribution is 6.39. The maximum absolute atomic E-state index is 16.5. The van der Waals surface area contributed by atoms with E-state index in [9.17, 15) is 33.6 Å². The van der Waals surface area contributed by atoms with Gasteiger partial charge in [-0.25, -0.2) is 15.0 Å². The number of ether oxygens (including phenoxy) is 4. The van der Waals surface area contributed by atoms with Crippen LogP contribution in [0.3, 0.4) is 0 Å². The minimum atomic E-state index is -1.69. The Bertz CT molecular complexity index is 3980. The maximum atomic E-state index is 16.5. The van der Waals surface area contributed by atoms with Gasteiger partial charge in [-0.1, -0.05) is 111 Å². The van der Waals surface area contributed by atoms with Crippen LogP contribution in [-0.2, 0) is 53.4 Å². The summed E-state index contributed by atoms with van der Waals surface area (Å²) in [7, 11) is 2.92. The summed E-state index contributed by atoms with van der Waals surface area (Å²) in [5, 5.41) is 22.6. The number of methoxy groups -OCH3 is 2. The molecule has 110 heavy (non-hydrogen) atoms. The normalized spacial score (nSPS) is 20.5. The molecule has 1 unspecified atom stereocenters. The minimum absolute atomic E-state index is 0.0220. The van der Waals surface area contributed by atoms with Crippen molar-refractivity contribution >= 4 is 82.2 Å². The number of carbonyl (C=O) groups excluding carboxylic acids is 12. The first-order valence-corrected chi connectivity index (χ1v) is 38.9. The molecule has 6 aliphatic rings. The Morgan fingerprint density at radius 3 is 1.35 bits per heavy atom. The number of amides is 10. The van der Waals surface area contributed by atoms with Gasteiger partial charge in [0.05, 0.1) is 51.8 Å². The third-order valence-electron chi connectivity index (χ3n) is 21.4. The lowest BCUT2D eigenvalue weighted by molar-refractivity contribution is -0.145. The van der Waals surface area contributed by atoms with Crippen LogP contribution in [0.2, 0.25) is 5.15 Å². The van der Waals surface area contributed by atoms with Crippen molar-refractivity contribution in [2.24, 2.45) is 17.3 Å². The van der Waals surface area contributed by atoms with Crippen LogP contribution in [-0.4, -0.2) is 205 Å². The number of likely N-dealkylation sites (tertiary alicyclic amines) is 2. The van der Waals surface area contributed by atoms with Crippen molar-refractivity contribution in [2.75, 3.05) is 27.3 Å². The molecule has 4 aromatic rings. The summed E-state index contributed by atoms with van der Waals surface area (Å²) in [5.41, 5.74) is -2.59. The number of rotatable bonds is 34. The number of carbonyl (C=O) groups is 12. The number of pyridine rings is 1. The summed E-state index contributed by atoms with van der Waals surface area (Å²) < 4.78 is 24.4. The van der Waals surface area contributed by atoms with Crippen molar-refractivity contribution < 1.29 is 76.5 Å². The highest BCUT2D eigenvalue weighted by Crippen LogP contribution is 2.39. The standard InChI is InChI=1S/C78H104ClN15O16/c1-10-18-53(63(95)73(103)84-46-24-25-46)86-69(99)57-37-51(109-50-35-48(107-8)34-49(36-50)108-9)41-94(57)76(106)66(92-72(102)62(44-22-16-13-17-23-44)90-68(98)56-40-81-29-31-83-56)78(6,7)45-32-59(79)88-60(33-45)110-52-38-58(70(100)87-54(19-11-2)64(96)74(104)85-47-26-27-47)93(42-52)75(105)65(77(3,4)5)91-71(101)61(43-20-14-12-15-21-43)89-67(97)55-39-80-28-30-82-55/h28-36,39-40,43-44,46-47,51-54,57-58,61-62,65-66H,10-27,37-38,41-42H2,1-9H3,(H,84,103)(H,85,104)(H,86,99)(H,87,100)(H,89,97)(H,90,98)(H,91,101)(H,92,102)/t51-,52-,53+,54+,57?,58+,61+,62+,65-,66-/m1/s1. The Hall–Kier alpha value is -9.94. The van der Waals surface area contributed by atoms with Crippen LogP contribution >= 0.6 is 11.6 Å². The van der Waals surface area contributed by atoms with Gasteiger partial charge < -0.3 is 71.3 Å².